The minimum atomic E-state index is -0.681. The van der Waals surface area contributed by atoms with E-state index in [9.17, 15) is 14.9 Å². The van der Waals surface area contributed by atoms with Gasteiger partial charge in [-0.25, -0.2) is 0 Å². The smallest absolute Gasteiger partial charge is 0.287 e. The summed E-state index contributed by atoms with van der Waals surface area (Å²) in [5, 5.41) is 10.9. The second kappa shape index (κ2) is 6.76. The lowest BCUT2D eigenvalue weighted by molar-refractivity contribution is -0.385. The lowest BCUT2D eigenvalue weighted by Crippen LogP contribution is -2.39. The third-order valence-corrected chi connectivity index (χ3v) is 4.11. The molecule has 0 saturated carbocycles. The highest BCUT2D eigenvalue weighted by atomic mass is 16.6. The summed E-state index contributed by atoms with van der Waals surface area (Å²) in [5.74, 6) is -0.152. The first-order chi connectivity index (χ1) is 11.6. The molecule has 0 saturated heterocycles. The number of aromatic nitrogens is 1. The number of hydrogen-bond donors (Lipinski definition) is 0. The second-order valence-corrected chi connectivity index (χ2v) is 5.59. The number of carbonyl (C=O) groups excluding carboxylic acids is 1. The molecule has 0 N–H and O–H groups in total. The number of amides is 1. The van der Waals surface area contributed by atoms with Crippen molar-refractivity contribution in [3.05, 3.63) is 69.5 Å². The molecule has 1 atom stereocenters. The highest BCUT2D eigenvalue weighted by molar-refractivity contribution is 5.82. The fraction of sp³-hybridized carbons (Fsp3) is 0.294. The van der Waals surface area contributed by atoms with Gasteiger partial charge in [-0.3, -0.25) is 19.9 Å². The van der Waals surface area contributed by atoms with Gasteiger partial charge in [-0.1, -0.05) is 30.3 Å². The zero-order valence-electron chi connectivity index (χ0n) is 13.2. The predicted molar refractivity (Wildman–Crippen MR) is 86.2 cm³/mol. The number of nitro groups is 1. The molecule has 0 fully saturated rings. The molecule has 7 nitrogen and oxygen atoms in total. The van der Waals surface area contributed by atoms with Crippen molar-refractivity contribution in [2.75, 3.05) is 13.7 Å². The predicted octanol–water partition coefficient (Wildman–Crippen LogP) is 2.26. The minimum Gasteiger partial charge on any atom is -0.367 e. The van der Waals surface area contributed by atoms with Crippen LogP contribution in [0.5, 0.6) is 0 Å². The van der Waals surface area contributed by atoms with Crippen LogP contribution in [0.3, 0.4) is 0 Å². The topological polar surface area (TPSA) is 85.6 Å². The molecule has 1 aliphatic rings. The van der Waals surface area contributed by atoms with Crippen LogP contribution in [0.1, 0.15) is 22.9 Å². The van der Waals surface area contributed by atoms with Crippen LogP contribution in [0.2, 0.25) is 0 Å². The first kappa shape index (κ1) is 16.1. The average Bonchev–Trinajstić information content (AvgIpc) is 2.62. The largest absolute Gasteiger partial charge is 0.367 e. The molecule has 0 bridgehead atoms. The van der Waals surface area contributed by atoms with Crippen LogP contribution in [-0.4, -0.2) is 34.4 Å². The van der Waals surface area contributed by atoms with Gasteiger partial charge in [0.2, 0.25) is 0 Å². The van der Waals surface area contributed by atoms with Gasteiger partial charge in [0, 0.05) is 38.4 Å². The molecule has 124 valence electrons. The van der Waals surface area contributed by atoms with E-state index < -0.39 is 11.0 Å². The van der Waals surface area contributed by atoms with Crippen LogP contribution in [0.15, 0.2) is 42.6 Å². The minimum absolute atomic E-state index is 0.0607. The van der Waals surface area contributed by atoms with E-state index in [1.807, 2.05) is 30.3 Å². The fourth-order valence-electron chi connectivity index (χ4n) is 2.87. The van der Waals surface area contributed by atoms with Crippen LogP contribution in [0.25, 0.3) is 0 Å². The number of pyridine rings is 1. The summed E-state index contributed by atoms with van der Waals surface area (Å²) < 4.78 is 5.39. The first-order valence-corrected chi connectivity index (χ1v) is 7.59. The number of carbonyl (C=O) groups is 1. The maximum absolute atomic E-state index is 12.8. The van der Waals surface area contributed by atoms with E-state index in [0.29, 0.717) is 25.1 Å². The van der Waals surface area contributed by atoms with E-state index >= 15 is 0 Å². The van der Waals surface area contributed by atoms with Crippen molar-refractivity contribution in [1.82, 2.24) is 9.88 Å². The Morgan fingerprint density at radius 1 is 1.38 bits per heavy atom. The Labute approximate surface area is 139 Å². The van der Waals surface area contributed by atoms with Gasteiger partial charge in [0.25, 0.3) is 11.6 Å². The van der Waals surface area contributed by atoms with Gasteiger partial charge >= 0.3 is 0 Å². The van der Waals surface area contributed by atoms with Gasteiger partial charge in [0.05, 0.1) is 4.92 Å². The molecule has 2 aromatic rings. The van der Waals surface area contributed by atoms with Crippen LogP contribution < -0.4 is 0 Å². The van der Waals surface area contributed by atoms with E-state index in [-0.39, 0.29) is 11.6 Å². The zero-order valence-corrected chi connectivity index (χ0v) is 13.2. The van der Waals surface area contributed by atoms with E-state index in [4.69, 9.17) is 4.74 Å². The summed E-state index contributed by atoms with van der Waals surface area (Å²) in [7, 11) is 1.50. The van der Waals surface area contributed by atoms with E-state index in [2.05, 4.69) is 4.98 Å². The summed E-state index contributed by atoms with van der Waals surface area (Å²) in [5.41, 5.74) is 2.24. The SMILES string of the molecule is CO[C@@H](C(=O)N1CCc2ncc([N+](=O)[O-])cc2C1)c1ccccc1. The van der Waals surface area contributed by atoms with Gasteiger partial charge in [0.1, 0.15) is 6.20 Å². The van der Waals surface area contributed by atoms with Crippen LogP contribution in [-0.2, 0) is 22.5 Å². The van der Waals surface area contributed by atoms with Crippen molar-refractivity contribution in [2.45, 2.75) is 19.1 Å². The normalized spacial score (nSPS) is 14.8. The molecular weight excluding hydrogens is 310 g/mol. The average molecular weight is 327 g/mol. The molecule has 1 aromatic carbocycles. The number of benzene rings is 1. The summed E-state index contributed by atoms with van der Waals surface area (Å²) in [6.07, 6.45) is 1.15. The van der Waals surface area contributed by atoms with Crippen LogP contribution in [0, 0.1) is 10.1 Å². The summed E-state index contributed by atoms with van der Waals surface area (Å²) >= 11 is 0. The summed E-state index contributed by atoms with van der Waals surface area (Å²) in [6.45, 7) is 0.818. The Morgan fingerprint density at radius 2 is 2.12 bits per heavy atom. The standard InChI is InChI=1S/C17H17N3O4/c1-24-16(12-5-3-2-4-6-12)17(21)19-8-7-15-13(11-19)9-14(10-18-15)20(22)23/h2-6,9-10,16H,7-8,11H2,1H3/t16-/m1/s1. The molecule has 0 aliphatic carbocycles. The van der Waals surface area contributed by atoms with Crippen molar-refractivity contribution in [2.24, 2.45) is 0 Å². The van der Waals surface area contributed by atoms with Crippen molar-refractivity contribution >= 4 is 11.6 Å². The molecule has 0 spiro atoms. The molecule has 0 radical (unpaired) electrons. The molecule has 0 unspecified atom stereocenters. The highest BCUT2D eigenvalue weighted by Crippen LogP contribution is 2.25. The molecule has 1 amide bonds. The van der Waals surface area contributed by atoms with Crippen LogP contribution >= 0.6 is 0 Å². The van der Waals surface area contributed by atoms with Gasteiger partial charge < -0.3 is 9.64 Å². The molecule has 24 heavy (non-hydrogen) atoms. The Bertz CT molecular complexity index is 764. The van der Waals surface area contributed by atoms with Gasteiger partial charge in [-0.15, -0.1) is 0 Å². The molecular formula is C17H17N3O4. The third kappa shape index (κ3) is 3.11. The maximum Gasteiger partial charge on any atom is 0.287 e. The maximum atomic E-state index is 12.8. The van der Waals surface area contributed by atoms with Gasteiger partial charge in [0.15, 0.2) is 6.10 Å². The Kier molecular flexibility index (Phi) is 4.52. The zero-order chi connectivity index (χ0) is 17.1. The number of ether oxygens (including phenoxy) is 1. The fourth-order valence-corrected chi connectivity index (χ4v) is 2.87. The Morgan fingerprint density at radius 3 is 2.79 bits per heavy atom. The number of methoxy groups -OCH3 is 1. The Hall–Kier alpha value is -2.80. The number of hydrogen-bond acceptors (Lipinski definition) is 5. The summed E-state index contributed by atoms with van der Waals surface area (Å²) in [4.78, 5) is 29.0. The second-order valence-electron chi connectivity index (χ2n) is 5.59. The number of rotatable bonds is 4. The van der Waals surface area contributed by atoms with Crippen molar-refractivity contribution < 1.29 is 14.5 Å². The monoisotopic (exact) mass is 327 g/mol. The molecule has 1 aliphatic heterocycles. The highest BCUT2D eigenvalue weighted by Gasteiger charge is 2.29. The Balaban J connectivity index is 1.82. The number of nitrogens with zero attached hydrogens (tertiary/aromatic N) is 3. The van der Waals surface area contributed by atoms with E-state index in [1.165, 1.54) is 19.4 Å². The molecule has 1 aromatic heterocycles. The molecule has 2 heterocycles. The van der Waals surface area contributed by atoms with E-state index in [0.717, 1.165) is 11.3 Å². The lowest BCUT2D eigenvalue weighted by atomic mass is 10.0. The lowest BCUT2D eigenvalue weighted by Gasteiger charge is -2.30. The molecule has 7 heteroatoms. The van der Waals surface area contributed by atoms with Crippen molar-refractivity contribution in [3.63, 3.8) is 0 Å². The number of fused-ring (bicyclic) bond motifs is 1. The van der Waals surface area contributed by atoms with E-state index in [1.54, 1.807) is 4.90 Å². The third-order valence-electron chi connectivity index (χ3n) is 4.11. The van der Waals surface area contributed by atoms with Crippen molar-refractivity contribution in [3.8, 4) is 0 Å². The van der Waals surface area contributed by atoms with Gasteiger partial charge in [-0.2, -0.15) is 0 Å². The first-order valence-electron chi connectivity index (χ1n) is 7.59. The molecule has 3 rings (SSSR count). The van der Waals surface area contributed by atoms with Gasteiger partial charge in [-0.05, 0) is 11.1 Å². The van der Waals surface area contributed by atoms with Crippen LogP contribution in [0.4, 0.5) is 5.69 Å². The quantitative estimate of drug-likeness (QED) is 0.635. The summed E-state index contributed by atoms with van der Waals surface area (Å²) in [6, 6.07) is 10.8. The van der Waals surface area contributed by atoms with Crippen molar-refractivity contribution in [1.29, 1.82) is 0 Å².